The second-order valence-corrected chi connectivity index (χ2v) is 4.40. The van der Waals surface area contributed by atoms with E-state index in [0.29, 0.717) is 5.82 Å². The van der Waals surface area contributed by atoms with Crippen LogP contribution in [0.2, 0.25) is 0 Å². The summed E-state index contributed by atoms with van der Waals surface area (Å²) in [6.07, 6.45) is -3.66. The molecule has 0 saturated heterocycles. The van der Waals surface area contributed by atoms with Crippen LogP contribution in [-0.2, 0) is 12.0 Å². The molecule has 1 heterocycles. The lowest BCUT2D eigenvalue weighted by Crippen LogP contribution is -2.24. The molecule has 15 heavy (non-hydrogen) atoms. The zero-order valence-electron chi connectivity index (χ0n) is 8.97. The number of aryl methyl sites for hydroxylation is 1. The van der Waals surface area contributed by atoms with Crippen molar-refractivity contribution in [2.75, 3.05) is 0 Å². The number of hydrogen-bond donors (Lipinski definition) is 0. The summed E-state index contributed by atoms with van der Waals surface area (Å²) in [5.74, 6) is 0.375. The Morgan fingerprint density at radius 1 is 1.27 bits per heavy atom. The highest BCUT2D eigenvalue weighted by molar-refractivity contribution is 4.92. The van der Waals surface area contributed by atoms with Crippen molar-refractivity contribution < 1.29 is 13.2 Å². The maximum absolute atomic E-state index is 12.0. The second-order valence-electron chi connectivity index (χ2n) is 4.40. The summed E-state index contributed by atoms with van der Waals surface area (Å²) in [6, 6.07) is 0. The quantitative estimate of drug-likeness (QED) is 0.768. The Morgan fingerprint density at radius 2 is 1.87 bits per heavy atom. The first kappa shape index (κ1) is 12.0. The molecule has 0 fully saturated rings. The number of halogens is 3. The van der Waals surface area contributed by atoms with E-state index in [1.807, 2.05) is 20.8 Å². The van der Waals surface area contributed by atoms with Gasteiger partial charge in [-0.1, -0.05) is 0 Å². The van der Waals surface area contributed by atoms with Crippen molar-refractivity contribution in [2.45, 2.75) is 45.3 Å². The largest absolute Gasteiger partial charge is 0.389 e. The highest BCUT2D eigenvalue weighted by Gasteiger charge is 2.28. The molecule has 0 aliphatic rings. The molecule has 6 heteroatoms. The molecule has 0 saturated carbocycles. The molecule has 1 aromatic rings. The molecular formula is C9H14F3N3. The van der Waals surface area contributed by atoms with E-state index in [1.165, 1.54) is 6.33 Å². The molecule has 0 amide bonds. The lowest BCUT2D eigenvalue weighted by Gasteiger charge is -2.22. The molecule has 0 unspecified atom stereocenters. The van der Waals surface area contributed by atoms with E-state index in [9.17, 15) is 13.2 Å². The van der Waals surface area contributed by atoms with Crippen LogP contribution in [0, 0.1) is 0 Å². The van der Waals surface area contributed by atoms with Gasteiger partial charge in [-0.2, -0.15) is 13.2 Å². The Labute approximate surface area is 86.3 Å². The van der Waals surface area contributed by atoms with Gasteiger partial charge in [-0.15, -0.1) is 10.2 Å². The van der Waals surface area contributed by atoms with Crippen molar-refractivity contribution in [1.82, 2.24) is 14.8 Å². The van der Waals surface area contributed by atoms with E-state index < -0.39 is 12.6 Å². The van der Waals surface area contributed by atoms with Gasteiger partial charge in [-0.25, -0.2) is 0 Å². The lowest BCUT2D eigenvalue weighted by atomic mass is 10.1. The van der Waals surface area contributed by atoms with Crippen molar-refractivity contribution in [3.63, 3.8) is 0 Å². The van der Waals surface area contributed by atoms with E-state index in [0.717, 1.165) is 0 Å². The summed E-state index contributed by atoms with van der Waals surface area (Å²) in [4.78, 5) is 0. The normalized spacial score (nSPS) is 13.2. The van der Waals surface area contributed by atoms with Crippen LogP contribution in [-0.4, -0.2) is 20.9 Å². The fourth-order valence-electron chi connectivity index (χ4n) is 1.24. The van der Waals surface area contributed by atoms with E-state index in [-0.39, 0.29) is 12.0 Å². The highest BCUT2D eigenvalue weighted by atomic mass is 19.4. The van der Waals surface area contributed by atoms with Gasteiger partial charge >= 0.3 is 6.18 Å². The van der Waals surface area contributed by atoms with Gasteiger partial charge in [0.1, 0.15) is 12.2 Å². The van der Waals surface area contributed by atoms with E-state index in [1.54, 1.807) is 4.57 Å². The average molecular weight is 221 g/mol. The molecule has 0 radical (unpaired) electrons. The monoisotopic (exact) mass is 221 g/mol. The van der Waals surface area contributed by atoms with Gasteiger partial charge in [-0.3, -0.25) is 0 Å². The van der Waals surface area contributed by atoms with Gasteiger partial charge in [0.25, 0.3) is 0 Å². The smallest absolute Gasteiger partial charge is 0.312 e. The van der Waals surface area contributed by atoms with Crippen molar-refractivity contribution in [2.24, 2.45) is 0 Å². The van der Waals surface area contributed by atoms with Crippen molar-refractivity contribution in [3.8, 4) is 0 Å². The molecule has 86 valence electrons. The molecule has 0 atom stereocenters. The Balaban J connectivity index is 2.75. The predicted octanol–water partition coefficient (Wildman–Crippen LogP) is 2.53. The Hall–Kier alpha value is -1.07. The first-order chi connectivity index (χ1) is 6.70. The van der Waals surface area contributed by atoms with Crippen LogP contribution in [0.3, 0.4) is 0 Å². The fourth-order valence-corrected chi connectivity index (χ4v) is 1.24. The topological polar surface area (TPSA) is 30.7 Å². The Bertz CT molecular complexity index is 322. The molecule has 1 rings (SSSR count). The van der Waals surface area contributed by atoms with Gasteiger partial charge in [0.05, 0.1) is 6.42 Å². The average Bonchev–Trinajstić information content (AvgIpc) is 2.45. The minimum Gasteiger partial charge on any atom is -0.312 e. The third-order valence-electron chi connectivity index (χ3n) is 1.97. The summed E-state index contributed by atoms with van der Waals surface area (Å²) in [5, 5.41) is 7.33. The summed E-state index contributed by atoms with van der Waals surface area (Å²) in [6.45, 7) is 5.69. The molecule has 0 aromatic carbocycles. The van der Waals surface area contributed by atoms with Crippen LogP contribution < -0.4 is 0 Å². The van der Waals surface area contributed by atoms with E-state index in [4.69, 9.17) is 0 Å². The third kappa shape index (κ3) is 3.53. The first-order valence-electron chi connectivity index (χ1n) is 4.66. The number of aromatic nitrogens is 3. The van der Waals surface area contributed by atoms with Crippen molar-refractivity contribution in [3.05, 3.63) is 12.2 Å². The summed E-state index contributed by atoms with van der Waals surface area (Å²) >= 11 is 0. The van der Waals surface area contributed by atoms with Gasteiger partial charge < -0.3 is 4.57 Å². The SMILES string of the molecule is CC(C)(C)n1cnnc1CCC(F)(F)F. The number of nitrogens with zero attached hydrogens (tertiary/aromatic N) is 3. The van der Waals surface area contributed by atoms with Crippen molar-refractivity contribution >= 4 is 0 Å². The minimum atomic E-state index is -4.14. The number of alkyl halides is 3. The summed E-state index contributed by atoms with van der Waals surface area (Å²) in [5.41, 5.74) is -0.287. The van der Waals surface area contributed by atoms with Crippen molar-refractivity contribution in [1.29, 1.82) is 0 Å². The van der Waals surface area contributed by atoms with Crippen LogP contribution in [0.5, 0.6) is 0 Å². The molecule has 0 N–H and O–H groups in total. The van der Waals surface area contributed by atoms with E-state index >= 15 is 0 Å². The molecular weight excluding hydrogens is 207 g/mol. The maximum Gasteiger partial charge on any atom is 0.389 e. The summed E-state index contributed by atoms with van der Waals surface area (Å²) < 4.78 is 37.7. The molecule has 0 bridgehead atoms. The van der Waals surface area contributed by atoms with E-state index in [2.05, 4.69) is 10.2 Å². The highest BCUT2D eigenvalue weighted by Crippen LogP contribution is 2.23. The molecule has 3 nitrogen and oxygen atoms in total. The fraction of sp³-hybridized carbons (Fsp3) is 0.778. The van der Waals surface area contributed by atoms with Crippen LogP contribution in [0.1, 0.15) is 33.0 Å². The molecule has 0 aliphatic heterocycles. The number of hydrogen-bond acceptors (Lipinski definition) is 2. The molecule has 0 aliphatic carbocycles. The second kappa shape index (κ2) is 3.83. The van der Waals surface area contributed by atoms with Gasteiger partial charge in [0.2, 0.25) is 0 Å². The Morgan fingerprint density at radius 3 is 2.33 bits per heavy atom. The van der Waals surface area contributed by atoms with Crippen LogP contribution in [0.25, 0.3) is 0 Å². The first-order valence-corrected chi connectivity index (χ1v) is 4.66. The van der Waals surface area contributed by atoms with Crippen LogP contribution in [0.15, 0.2) is 6.33 Å². The standard InChI is InChI=1S/C9H14F3N3/c1-8(2,3)15-6-13-14-7(15)4-5-9(10,11)12/h6H,4-5H2,1-3H3. The van der Waals surface area contributed by atoms with Crippen LogP contribution >= 0.6 is 0 Å². The zero-order valence-corrected chi connectivity index (χ0v) is 8.97. The van der Waals surface area contributed by atoms with Gasteiger partial charge in [-0.05, 0) is 20.8 Å². The third-order valence-corrected chi connectivity index (χ3v) is 1.97. The lowest BCUT2D eigenvalue weighted by molar-refractivity contribution is -0.134. The molecule has 1 aromatic heterocycles. The summed E-state index contributed by atoms with van der Waals surface area (Å²) in [7, 11) is 0. The van der Waals surface area contributed by atoms with Gasteiger partial charge in [0, 0.05) is 12.0 Å². The Kier molecular flexibility index (Phi) is 3.06. The zero-order chi connectivity index (χ0) is 11.7. The minimum absolute atomic E-state index is 0.124. The van der Waals surface area contributed by atoms with Crippen LogP contribution in [0.4, 0.5) is 13.2 Å². The molecule has 0 spiro atoms. The number of rotatable bonds is 2. The van der Waals surface area contributed by atoms with Gasteiger partial charge in [0.15, 0.2) is 0 Å². The maximum atomic E-state index is 12.0. The predicted molar refractivity (Wildman–Crippen MR) is 49.4 cm³/mol.